The third kappa shape index (κ3) is 2.96. The molecule has 0 spiro atoms. The molecule has 1 aromatic rings. The van der Waals surface area contributed by atoms with Crippen molar-refractivity contribution in [3.63, 3.8) is 0 Å². The van der Waals surface area contributed by atoms with E-state index in [2.05, 4.69) is 6.07 Å². The van der Waals surface area contributed by atoms with E-state index in [-0.39, 0.29) is 18.4 Å². The van der Waals surface area contributed by atoms with E-state index in [4.69, 9.17) is 5.73 Å². The lowest BCUT2D eigenvalue weighted by Crippen LogP contribution is -2.39. The minimum absolute atomic E-state index is 0.122. The molecule has 0 bridgehead atoms. The molecule has 1 aliphatic heterocycles. The second kappa shape index (κ2) is 6.17. The van der Waals surface area contributed by atoms with Crippen LogP contribution in [0, 0.1) is 5.92 Å². The maximum atomic E-state index is 12.1. The zero-order valence-corrected chi connectivity index (χ0v) is 11.4. The first kappa shape index (κ1) is 14.0. The summed E-state index contributed by atoms with van der Waals surface area (Å²) in [6.45, 7) is 3.28. The van der Waals surface area contributed by atoms with Crippen molar-refractivity contribution in [1.82, 2.24) is 0 Å². The fourth-order valence-corrected chi connectivity index (χ4v) is 2.51. The third-order valence-electron chi connectivity index (χ3n) is 3.86. The Hall–Kier alpha value is -1.39. The maximum absolute atomic E-state index is 12.1. The molecule has 0 radical (unpaired) electrons. The molecular weight excluding hydrogens is 240 g/mol. The van der Waals surface area contributed by atoms with Crippen molar-refractivity contribution in [2.24, 2.45) is 11.7 Å². The fourth-order valence-electron chi connectivity index (χ4n) is 2.51. The smallest absolute Gasteiger partial charge is 0.227 e. The summed E-state index contributed by atoms with van der Waals surface area (Å²) in [5, 5.41) is 9.32. The quantitative estimate of drug-likeness (QED) is 0.844. The van der Waals surface area contributed by atoms with E-state index >= 15 is 0 Å². The van der Waals surface area contributed by atoms with Gasteiger partial charge < -0.3 is 15.7 Å². The molecule has 0 saturated carbocycles. The van der Waals surface area contributed by atoms with Crippen LogP contribution in [0.25, 0.3) is 0 Å². The van der Waals surface area contributed by atoms with Crippen molar-refractivity contribution in [2.45, 2.75) is 32.7 Å². The van der Waals surface area contributed by atoms with Crippen molar-refractivity contribution in [3.05, 3.63) is 29.3 Å². The SMILES string of the molecule is CCC(CO)CN1C(=O)CCc2cc(CN)ccc21. The van der Waals surface area contributed by atoms with Gasteiger partial charge in [0.2, 0.25) is 5.91 Å². The Labute approximate surface area is 114 Å². The summed E-state index contributed by atoms with van der Waals surface area (Å²) in [6, 6.07) is 6.05. The number of benzene rings is 1. The number of aryl methyl sites for hydroxylation is 1. The third-order valence-corrected chi connectivity index (χ3v) is 3.86. The van der Waals surface area contributed by atoms with Gasteiger partial charge in [-0.15, -0.1) is 0 Å². The highest BCUT2D eigenvalue weighted by Gasteiger charge is 2.25. The lowest BCUT2D eigenvalue weighted by molar-refractivity contribution is -0.119. The molecule has 4 nitrogen and oxygen atoms in total. The van der Waals surface area contributed by atoms with E-state index in [1.807, 2.05) is 24.0 Å². The number of carbonyl (C=O) groups excluding carboxylic acids is 1. The maximum Gasteiger partial charge on any atom is 0.227 e. The monoisotopic (exact) mass is 262 g/mol. The summed E-state index contributed by atoms with van der Waals surface area (Å²) in [5.74, 6) is 0.295. The molecule has 1 heterocycles. The van der Waals surface area contributed by atoms with Crippen LogP contribution in [-0.2, 0) is 17.8 Å². The van der Waals surface area contributed by atoms with Crippen LogP contribution in [0.2, 0.25) is 0 Å². The molecule has 4 heteroatoms. The minimum atomic E-state index is 0.122. The Morgan fingerprint density at radius 3 is 2.84 bits per heavy atom. The number of nitrogens with two attached hydrogens (primary N) is 1. The van der Waals surface area contributed by atoms with E-state index < -0.39 is 0 Å². The number of fused-ring (bicyclic) bond motifs is 1. The molecule has 1 unspecified atom stereocenters. The average Bonchev–Trinajstić information content (AvgIpc) is 2.46. The molecule has 1 amide bonds. The van der Waals surface area contributed by atoms with Crippen LogP contribution in [0.15, 0.2) is 18.2 Å². The minimum Gasteiger partial charge on any atom is -0.396 e. The van der Waals surface area contributed by atoms with E-state index in [1.165, 1.54) is 5.56 Å². The summed E-state index contributed by atoms with van der Waals surface area (Å²) >= 11 is 0. The Morgan fingerprint density at radius 2 is 2.21 bits per heavy atom. The fraction of sp³-hybridized carbons (Fsp3) is 0.533. The van der Waals surface area contributed by atoms with Gasteiger partial charge in [0.15, 0.2) is 0 Å². The van der Waals surface area contributed by atoms with Gasteiger partial charge in [-0.3, -0.25) is 4.79 Å². The predicted octanol–water partition coefficient (Wildman–Crippen LogP) is 1.44. The number of hydrogen-bond donors (Lipinski definition) is 2. The van der Waals surface area contributed by atoms with E-state index in [1.54, 1.807) is 0 Å². The molecule has 3 N–H and O–H groups in total. The van der Waals surface area contributed by atoms with Gasteiger partial charge in [0, 0.05) is 31.8 Å². The van der Waals surface area contributed by atoms with Crippen molar-refractivity contribution >= 4 is 11.6 Å². The first-order valence-corrected chi connectivity index (χ1v) is 6.92. The summed E-state index contributed by atoms with van der Waals surface area (Å²) in [4.78, 5) is 13.9. The van der Waals surface area contributed by atoms with Crippen molar-refractivity contribution in [1.29, 1.82) is 0 Å². The molecule has 1 aromatic carbocycles. The lowest BCUT2D eigenvalue weighted by Gasteiger charge is -2.32. The highest BCUT2D eigenvalue weighted by molar-refractivity contribution is 5.96. The first-order chi connectivity index (χ1) is 9.19. The van der Waals surface area contributed by atoms with Crippen LogP contribution in [0.4, 0.5) is 5.69 Å². The highest BCUT2D eigenvalue weighted by atomic mass is 16.3. The molecule has 0 aromatic heterocycles. The highest BCUT2D eigenvalue weighted by Crippen LogP contribution is 2.29. The van der Waals surface area contributed by atoms with Crippen molar-refractivity contribution in [3.8, 4) is 0 Å². The van der Waals surface area contributed by atoms with Crippen molar-refractivity contribution < 1.29 is 9.90 Å². The Bertz CT molecular complexity index is 455. The van der Waals surface area contributed by atoms with Gasteiger partial charge in [-0.1, -0.05) is 19.1 Å². The molecule has 0 fully saturated rings. The van der Waals surface area contributed by atoms with Gasteiger partial charge >= 0.3 is 0 Å². The van der Waals surface area contributed by atoms with Gasteiger partial charge in [0.1, 0.15) is 0 Å². The lowest BCUT2D eigenvalue weighted by atomic mass is 9.97. The zero-order valence-electron chi connectivity index (χ0n) is 11.4. The van der Waals surface area contributed by atoms with Gasteiger partial charge in [0.05, 0.1) is 0 Å². The second-order valence-electron chi connectivity index (χ2n) is 5.13. The summed E-state index contributed by atoms with van der Waals surface area (Å²) in [6.07, 6.45) is 2.20. The van der Waals surface area contributed by atoms with Gasteiger partial charge in [-0.2, -0.15) is 0 Å². The number of aliphatic hydroxyl groups is 1. The van der Waals surface area contributed by atoms with Gasteiger partial charge in [0.25, 0.3) is 0 Å². The van der Waals surface area contributed by atoms with Gasteiger partial charge in [-0.25, -0.2) is 0 Å². The molecule has 2 rings (SSSR count). The number of aliphatic hydroxyl groups excluding tert-OH is 1. The molecule has 0 saturated heterocycles. The Kier molecular flexibility index (Phi) is 4.56. The summed E-state index contributed by atoms with van der Waals surface area (Å²) in [5.41, 5.74) is 8.93. The second-order valence-corrected chi connectivity index (χ2v) is 5.13. The topological polar surface area (TPSA) is 66.6 Å². The Balaban J connectivity index is 2.27. The number of amides is 1. The number of nitrogens with zero attached hydrogens (tertiary/aromatic N) is 1. The summed E-state index contributed by atoms with van der Waals surface area (Å²) < 4.78 is 0. The molecule has 104 valence electrons. The first-order valence-electron chi connectivity index (χ1n) is 6.92. The van der Waals surface area contributed by atoms with E-state index in [0.29, 0.717) is 19.5 Å². The van der Waals surface area contributed by atoms with Crippen LogP contribution in [0.1, 0.15) is 30.9 Å². The largest absolute Gasteiger partial charge is 0.396 e. The predicted molar refractivity (Wildman–Crippen MR) is 75.9 cm³/mol. The molecule has 1 atom stereocenters. The molecule has 19 heavy (non-hydrogen) atoms. The van der Waals surface area contributed by atoms with Crippen LogP contribution >= 0.6 is 0 Å². The van der Waals surface area contributed by atoms with Crippen LogP contribution < -0.4 is 10.6 Å². The number of anilines is 1. The van der Waals surface area contributed by atoms with Gasteiger partial charge in [-0.05, 0) is 36.0 Å². The number of hydrogen-bond acceptors (Lipinski definition) is 3. The molecule has 1 aliphatic rings. The number of carbonyl (C=O) groups is 1. The van der Waals surface area contributed by atoms with Crippen LogP contribution in [0.5, 0.6) is 0 Å². The molecular formula is C15H22N2O2. The number of rotatable bonds is 5. The standard InChI is InChI=1S/C15H22N2O2/c1-2-11(10-18)9-17-14-5-3-12(8-16)7-13(14)4-6-15(17)19/h3,5,7,11,18H,2,4,6,8-10,16H2,1H3. The average molecular weight is 262 g/mol. The van der Waals surface area contributed by atoms with E-state index in [9.17, 15) is 9.90 Å². The molecule has 0 aliphatic carbocycles. The van der Waals surface area contributed by atoms with Crippen molar-refractivity contribution in [2.75, 3.05) is 18.1 Å². The van der Waals surface area contributed by atoms with Crippen LogP contribution in [-0.4, -0.2) is 24.2 Å². The van der Waals surface area contributed by atoms with E-state index in [0.717, 1.165) is 24.1 Å². The normalized spacial score (nSPS) is 16.4. The summed E-state index contributed by atoms with van der Waals surface area (Å²) in [7, 11) is 0. The Morgan fingerprint density at radius 1 is 1.42 bits per heavy atom. The van der Waals surface area contributed by atoms with Crippen LogP contribution in [0.3, 0.4) is 0 Å². The zero-order chi connectivity index (χ0) is 13.8.